The number of ether oxygens (including phenoxy) is 3. The van der Waals surface area contributed by atoms with Crippen LogP contribution in [-0.2, 0) is 24.3 Å². The minimum atomic E-state index is -4.12. The molecule has 3 rings (SSSR count). The fourth-order valence-corrected chi connectivity index (χ4v) is 4.27. The number of hydrogen-bond donors (Lipinski definition) is 1. The van der Waals surface area contributed by atoms with Crippen LogP contribution in [0, 0.1) is 0 Å². The number of amides is 1. The van der Waals surface area contributed by atoms with Gasteiger partial charge >= 0.3 is 5.97 Å². The molecular weight excluding hydrogens is 412 g/mol. The maximum absolute atomic E-state index is 13.3. The number of carbonyl (C=O) groups excluding carboxylic acids is 2. The summed E-state index contributed by atoms with van der Waals surface area (Å²) >= 11 is 0. The average molecular weight is 434 g/mol. The fourth-order valence-electron chi connectivity index (χ4n) is 2.87. The van der Waals surface area contributed by atoms with E-state index in [2.05, 4.69) is 5.32 Å². The number of esters is 1. The first-order valence-electron chi connectivity index (χ1n) is 9.27. The van der Waals surface area contributed by atoms with E-state index in [0.717, 1.165) is 4.31 Å². The van der Waals surface area contributed by atoms with Crippen molar-refractivity contribution in [3.8, 4) is 11.5 Å². The van der Waals surface area contributed by atoms with Crippen molar-refractivity contribution >= 4 is 33.3 Å². The van der Waals surface area contributed by atoms with E-state index in [-0.39, 0.29) is 23.1 Å². The summed E-state index contributed by atoms with van der Waals surface area (Å²) in [5.41, 5.74) is 0.691. The van der Waals surface area contributed by atoms with Crippen LogP contribution in [0.15, 0.2) is 47.4 Å². The summed E-state index contributed by atoms with van der Waals surface area (Å²) in [5.74, 6) is -0.0707. The normalized spacial score (nSPS) is 12.7. The van der Waals surface area contributed by atoms with Crippen molar-refractivity contribution in [2.24, 2.45) is 0 Å². The van der Waals surface area contributed by atoms with Gasteiger partial charge in [0.1, 0.15) is 19.8 Å². The lowest BCUT2D eigenvalue weighted by atomic mass is 10.2. The van der Waals surface area contributed by atoms with Crippen molar-refractivity contribution < 1.29 is 32.2 Å². The molecule has 1 amide bonds. The van der Waals surface area contributed by atoms with Crippen molar-refractivity contribution in [1.82, 2.24) is 0 Å². The van der Waals surface area contributed by atoms with E-state index in [9.17, 15) is 18.0 Å². The maximum Gasteiger partial charge on any atom is 0.326 e. The Labute approximate surface area is 174 Å². The van der Waals surface area contributed by atoms with Crippen molar-refractivity contribution in [3.63, 3.8) is 0 Å². The standard InChI is InChI=1S/C20H22N2O7S/c1-3-27-20(24)13-22(16-6-9-18-19(12-16)29-11-10-28-18)30(25,26)17-7-4-15(5-8-17)21-14(2)23/h4-9,12H,3,10-11,13H2,1-2H3,(H,21,23). The van der Waals surface area contributed by atoms with Gasteiger partial charge in [0.25, 0.3) is 10.0 Å². The second-order valence-electron chi connectivity index (χ2n) is 6.35. The Morgan fingerprint density at radius 1 is 1.07 bits per heavy atom. The number of carbonyl (C=O) groups is 2. The van der Waals surface area contributed by atoms with Gasteiger partial charge in [0.2, 0.25) is 5.91 Å². The van der Waals surface area contributed by atoms with Crippen molar-refractivity contribution in [2.45, 2.75) is 18.7 Å². The predicted molar refractivity (Wildman–Crippen MR) is 109 cm³/mol. The summed E-state index contributed by atoms with van der Waals surface area (Å²) in [6, 6.07) is 10.3. The molecule has 0 fully saturated rings. The molecule has 0 radical (unpaired) electrons. The molecule has 2 aromatic rings. The minimum absolute atomic E-state index is 0.0456. The molecule has 160 valence electrons. The molecule has 2 aromatic carbocycles. The zero-order valence-corrected chi connectivity index (χ0v) is 17.4. The Bertz CT molecular complexity index is 1040. The Kier molecular flexibility index (Phi) is 6.46. The summed E-state index contributed by atoms with van der Waals surface area (Å²) in [5, 5.41) is 2.58. The number of fused-ring (bicyclic) bond motifs is 1. The highest BCUT2D eigenvalue weighted by atomic mass is 32.2. The molecule has 0 atom stereocenters. The van der Waals surface area contributed by atoms with Gasteiger partial charge in [0.15, 0.2) is 11.5 Å². The van der Waals surface area contributed by atoms with Crippen LogP contribution in [0.2, 0.25) is 0 Å². The molecule has 0 aromatic heterocycles. The Balaban J connectivity index is 1.98. The fraction of sp³-hybridized carbons (Fsp3) is 0.300. The van der Waals surface area contributed by atoms with E-state index in [1.165, 1.54) is 43.3 Å². The third kappa shape index (κ3) is 4.82. The largest absolute Gasteiger partial charge is 0.486 e. The van der Waals surface area contributed by atoms with Crippen molar-refractivity contribution in [1.29, 1.82) is 0 Å². The van der Waals surface area contributed by atoms with Gasteiger partial charge in [-0.2, -0.15) is 0 Å². The number of hydrogen-bond acceptors (Lipinski definition) is 7. The average Bonchev–Trinajstić information content (AvgIpc) is 2.72. The molecule has 0 aliphatic carbocycles. The Morgan fingerprint density at radius 3 is 2.37 bits per heavy atom. The van der Waals surface area contributed by atoms with E-state index in [1.54, 1.807) is 13.0 Å². The van der Waals surface area contributed by atoms with Crippen LogP contribution in [0.25, 0.3) is 0 Å². The lowest BCUT2D eigenvalue weighted by Crippen LogP contribution is -2.36. The molecule has 1 heterocycles. The van der Waals surface area contributed by atoms with Crippen LogP contribution in [0.5, 0.6) is 11.5 Å². The van der Waals surface area contributed by atoms with Crippen LogP contribution in [0.1, 0.15) is 13.8 Å². The first kappa shape index (κ1) is 21.4. The summed E-state index contributed by atoms with van der Waals surface area (Å²) in [7, 11) is -4.12. The van der Waals surface area contributed by atoms with Crippen molar-refractivity contribution in [2.75, 3.05) is 36.0 Å². The summed E-state index contributed by atoms with van der Waals surface area (Å²) in [4.78, 5) is 23.3. The molecular formula is C20H22N2O7S. The maximum atomic E-state index is 13.3. The monoisotopic (exact) mass is 434 g/mol. The first-order chi connectivity index (χ1) is 14.3. The zero-order chi connectivity index (χ0) is 21.7. The highest BCUT2D eigenvalue weighted by molar-refractivity contribution is 7.92. The molecule has 1 aliphatic rings. The summed E-state index contributed by atoms with van der Waals surface area (Å²) in [6.07, 6.45) is 0. The van der Waals surface area contributed by atoms with Crippen LogP contribution in [0.3, 0.4) is 0 Å². The van der Waals surface area contributed by atoms with Crippen molar-refractivity contribution in [3.05, 3.63) is 42.5 Å². The van der Waals surface area contributed by atoms with E-state index in [0.29, 0.717) is 30.4 Å². The van der Waals surface area contributed by atoms with E-state index in [4.69, 9.17) is 14.2 Å². The molecule has 0 unspecified atom stereocenters. The molecule has 0 saturated carbocycles. The molecule has 0 saturated heterocycles. The Hall–Kier alpha value is -3.27. The number of sulfonamides is 1. The van der Waals surface area contributed by atoms with Gasteiger partial charge in [0, 0.05) is 18.7 Å². The summed E-state index contributed by atoms with van der Waals surface area (Å²) in [6.45, 7) is 3.35. The zero-order valence-electron chi connectivity index (χ0n) is 16.6. The molecule has 0 bridgehead atoms. The SMILES string of the molecule is CCOC(=O)CN(c1ccc2c(c1)OCCO2)S(=O)(=O)c1ccc(NC(C)=O)cc1. The number of nitrogens with zero attached hydrogens (tertiary/aromatic N) is 1. The number of anilines is 2. The van der Waals surface area contributed by atoms with Gasteiger partial charge in [-0.15, -0.1) is 0 Å². The minimum Gasteiger partial charge on any atom is -0.486 e. The third-order valence-electron chi connectivity index (χ3n) is 4.15. The lowest BCUT2D eigenvalue weighted by molar-refractivity contribution is -0.141. The third-order valence-corrected chi connectivity index (χ3v) is 5.94. The second-order valence-corrected chi connectivity index (χ2v) is 8.21. The van der Waals surface area contributed by atoms with E-state index >= 15 is 0 Å². The lowest BCUT2D eigenvalue weighted by Gasteiger charge is -2.26. The molecule has 0 spiro atoms. The highest BCUT2D eigenvalue weighted by Gasteiger charge is 2.29. The number of benzene rings is 2. The van der Waals surface area contributed by atoms with E-state index < -0.39 is 22.5 Å². The van der Waals surface area contributed by atoms with Gasteiger partial charge < -0.3 is 19.5 Å². The second kappa shape index (κ2) is 9.04. The topological polar surface area (TPSA) is 111 Å². The van der Waals surface area contributed by atoms with Crippen LogP contribution in [-0.4, -0.2) is 46.7 Å². The highest BCUT2D eigenvalue weighted by Crippen LogP contribution is 2.35. The van der Waals surface area contributed by atoms with Gasteiger partial charge in [0.05, 0.1) is 17.2 Å². The first-order valence-corrected chi connectivity index (χ1v) is 10.7. The number of nitrogens with one attached hydrogen (secondary N) is 1. The molecule has 10 heteroatoms. The summed E-state index contributed by atoms with van der Waals surface area (Å²) < 4.78 is 43.6. The smallest absolute Gasteiger partial charge is 0.326 e. The van der Waals surface area contributed by atoms with Gasteiger partial charge in [-0.05, 0) is 43.3 Å². The van der Waals surface area contributed by atoms with Gasteiger partial charge in [-0.25, -0.2) is 8.42 Å². The molecule has 1 aliphatic heterocycles. The van der Waals surface area contributed by atoms with Crippen LogP contribution in [0.4, 0.5) is 11.4 Å². The predicted octanol–water partition coefficient (Wildman–Crippen LogP) is 2.17. The number of rotatable bonds is 7. The van der Waals surface area contributed by atoms with Gasteiger partial charge in [-0.1, -0.05) is 0 Å². The molecule has 9 nitrogen and oxygen atoms in total. The Morgan fingerprint density at radius 2 is 1.73 bits per heavy atom. The molecule has 30 heavy (non-hydrogen) atoms. The van der Waals surface area contributed by atoms with Gasteiger partial charge in [-0.3, -0.25) is 13.9 Å². The quantitative estimate of drug-likeness (QED) is 0.665. The van der Waals surface area contributed by atoms with E-state index in [1.807, 2.05) is 0 Å². The molecule has 1 N–H and O–H groups in total. The van der Waals surface area contributed by atoms with Crippen LogP contribution < -0.4 is 19.1 Å². The van der Waals surface area contributed by atoms with Crippen LogP contribution >= 0.6 is 0 Å².